The number of hydrogen-bond acceptors (Lipinski definition) is 8. The molecule has 0 saturated carbocycles. The summed E-state index contributed by atoms with van der Waals surface area (Å²) in [7, 11) is -3.41. The van der Waals surface area contributed by atoms with Gasteiger partial charge in [-0.05, 0) is 37.3 Å². The Bertz CT molecular complexity index is 1410. The number of carbonyl (C=O) groups is 1. The van der Waals surface area contributed by atoms with E-state index < -0.39 is 15.8 Å². The largest absolute Gasteiger partial charge is 0.461 e. The topological polar surface area (TPSA) is 117 Å². The Morgan fingerprint density at radius 3 is 2.66 bits per heavy atom. The van der Waals surface area contributed by atoms with Crippen LogP contribution in [0, 0.1) is 0 Å². The molecule has 9 nitrogen and oxygen atoms in total. The average molecular weight is 473 g/mol. The minimum absolute atomic E-state index is 0.0483. The van der Waals surface area contributed by atoms with E-state index in [1.807, 2.05) is 0 Å². The molecule has 164 valence electrons. The van der Waals surface area contributed by atoms with Crippen LogP contribution >= 0.6 is 11.6 Å². The molecule has 2 aromatic carbocycles. The third-order valence-electron chi connectivity index (χ3n) is 4.44. The first-order valence-electron chi connectivity index (χ1n) is 9.44. The number of ether oxygens (including phenoxy) is 1. The number of aromatic nitrogens is 4. The molecular formula is C21H17ClN4O5S. The highest BCUT2D eigenvalue weighted by Gasteiger charge is 2.23. The van der Waals surface area contributed by atoms with Gasteiger partial charge in [-0.15, -0.1) is 0 Å². The first-order chi connectivity index (χ1) is 15.3. The molecule has 0 amide bonds. The maximum Gasteiger partial charge on any atom is 0.358 e. The number of halogens is 1. The van der Waals surface area contributed by atoms with Gasteiger partial charge in [0.15, 0.2) is 15.5 Å². The minimum atomic E-state index is -3.41. The van der Waals surface area contributed by atoms with Gasteiger partial charge >= 0.3 is 5.97 Å². The van der Waals surface area contributed by atoms with E-state index in [0.29, 0.717) is 22.0 Å². The monoisotopic (exact) mass is 472 g/mol. The van der Waals surface area contributed by atoms with E-state index in [4.69, 9.17) is 20.9 Å². The summed E-state index contributed by atoms with van der Waals surface area (Å²) in [4.78, 5) is 16.8. The molecule has 0 bridgehead atoms. The first-order valence-corrected chi connectivity index (χ1v) is 11.7. The quantitative estimate of drug-likeness (QED) is 0.388. The molecule has 0 aliphatic heterocycles. The lowest BCUT2D eigenvalue weighted by Gasteiger charge is -2.06. The summed E-state index contributed by atoms with van der Waals surface area (Å²) in [6.45, 7) is 1.89. The van der Waals surface area contributed by atoms with E-state index in [9.17, 15) is 13.2 Å². The second-order valence-electron chi connectivity index (χ2n) is 6.72. The zero-order valence-corrected chi connectivity index (χ0v) is 18.6. The highest BCUT2D eigenvalue weighted by molar-refractivity contribution is 7.90. The predicted octanol–water partition coefficient (Wildman–Crippen LogP) is 3.82. The third kappa shape index (κ3) is 4.27. The van der Waals surface area contributed by atoms with Crippen molar-refractivity contribution in [3.8, 4) is 28.7 Å². The number of esters is 1. The van der Waals surface area contributed by atoms with Gasteiger partial charge < -0.3 is 9.26 Å². The van der Waals surface area contributed by atoms with Crippen molar-refractivity contribution in [2.75, 3.05) is 12.9 Å². The van der Waals surface area contributed by atoms with Crippen molar-refractivity contribution in [2.45, 2.75) is 11.8 Å². The zero-order chi connectivity index (χ0) is 22.9. The smallest absolute Gasteiger partial charge is 0.358 e. The Balaban J connectivity index is 1.82. The maximum atomic E-state index is 12.3. The van der Waals surface area contributed by atoms with Crippen molar-refractivity contribution in [3.63, 3.8) is 0 Å². The summed E-state index contributed by atoms with van der Waals surface area (Å²) in [6.07, 6.45) is 1.12. The number of para-hydroxylation sites is 1. The van der Waals surface area contributed by atoms with Crippen LogP contribution in [0.25, 0.3) is 28.7 Å². The molecule has 0 saturated heterocycles. The summed E-state index contributed by atoms with van der Waals surface area (Å²) in [5, 5.41) is 8.72. The Morgan fingerprint density at radius 2 is 1.94 bits per heavy atom. The number of benzene rings is 2. The number of nitrogens with zero attached hydrogens (tertiary/aromatic N) is 4. The molecule has 0 aliphatic rings. The van der Waals surface area contributed by atoms with E-state index in [2.05, 4.69) is 15.2 Å². The van der Waals surface area contributed by atoms with Crippen molar-refractivity contribution < 1.29 is 22.5 Å². The Hall–Kier alpha value is -3.50. The fourth-order valence-electron chi connectivity index (χ4n) is 2.96. The minimum Gasteiger partial charge on any atom is -0.461 e. The van der Waals surface area contributed by atoms with E-state index in [1.165, 1.54) is 22.9 Å². The lowest BCUT2D eigenvalue weighted by atomic mass is 10.2. The third-order valence-corrected chi connectivity index (χ3v) is 5.87. The molecule has 4 rings (SSSR count). The summed E-state index contributed by atoms with van der Waals surface area (Å²) >= 11 is 6.33. The SMILES string of the molecule is CCOC(=O)c1cc(-c2noc(-c3cccc(S(C)(=O)=O)c3)n2)n(-c2ccccc2Cl)n1. The van der Waals surface area contributed by atoms with Crippen LogP contribution in [0.15, 0.2) is 64.0 Å². The molecule has 0 atom stereocenters. The van der Waals surface area contributed by atoms with Crippen LogP contribution in [-0.4, -0.2) is 47.2 Å². The van der Waals surface area contributed by atoms with Gasteiger partial charge in [0.25, 0.3) is 5.89 Å². The first kappa shape index (κ1) is 21.7. The molecule has 0 radical (unpaired) electrons. The highest BCUT2D eigenvalue weighted by atomic mass is 35.5. The van der Waals surface area contributed by atoms with Gasteiger partial charge in [-0.1, -0.05) is 35.0 Å². The number of sulfone groups is 1. The van der Waals surface area contributed by atoms with Crippen LogP contribution in [-0.2, 0) is 14.6 Å². The van der Waals surface area contributed by atoms with Crippen LogP contribution in [0.2, 0.25) is 5.02 Å². The number of rotatable bonds is 6. The summed E-state index contributed by atoms with van der Waals surface area (Å²) in [5.41, 5.74) is 1.33. The second kappa shape index (κ2) is 8.56. The fourth-order valence-corrected chi connectivity index (χ4v) is 3.84. The molecule has 0 N–H and O–H groups in total. The highest BCUT2D eigenvalue weighted by Crippen LogP contribution is 2.29. The van der Waals surface area contributed by atoms with Crippen molar-refractivity contribution >= 4 is 27.4 Å². The Morgan fingerprint density at radius 1 is 1.16 bits per heavy atom. The van der Waals surface area contributed by atoms with Gasteiger partial charge in [0.2, 0.25) is 5.82 Å². The van der Waals surface area contributed by atoms with Gasteiger partial charge in [0.1, 0.15) is 5.69 Å². The van der Waals surface area contributed by atoms with E-state index in [1.54, 1.807) is 43.3 Å². The fraction of sp³-hybridized carbons (Fsp3) is 0.143. The molecule has 0 spiro atoms. The maximum absolute atomic E-state index is 12.3. The van der Waals surface area contributed by atoms with Gasteiger partial charge in [0, 0.05) is 17.9 Å². The summed E-state index contributed by atoms with van der Waals surface area (Å²) < 4.78 is 35.6. The molecule has 2 heterocycles. The average Bonchev–Trinajstić information content (AvgIpc) is 3.41. The Kier molecular flexibility index (Phi) is 5.81. The van der Waals surface area contributed by atoms with Crippen LogP contribution in [0.4, 0.5) is 0 Å². The molecule has 4 aromatic rings. The molecular weight excluding hydrogens is 456 g/mol. The van der Waals surface area contributed by atoms with Crippen LogP contribution in [0.1, 0.15) is 17.4 Å². The van der Waals surface area contributed by atoms with E-state index >= 15 is 0 Å². The van der Waals surface area contributed by atoms with E-state index in [-0.39, 0.29) is 28.9 Å². The number of hydrogen-bond donors (Lipinski definition) is 0. The molecule has 2 aromatic heterocycles. The molecule has 0 aliphatic carbocycles. The van der Waals surface area contributed by atoms with E-state index in [0.717, 1.165) is 6.26 Å². The second-order valence-corrected chi connectivity index (χ2v) is 9.14. The summed E-state index contributed by atoms with van der Waals surface area (Å²) in [6, 6.07) is 14.6. The number of carbonyl (C=O) groups excluding carboxylic acids is 1. The van der Waals surface area contributed by atoms with Crippen molar-refractivity contribution in [3.05, 3.63) is 65.3 Å². The van der Waals surface area contributed by atoms with Crippen LogP contribution in [0.3, 0.4) is 0 Å². The van der Waals surface area contributed by atoms with Gasteiger partial charge in [-0.3, -0.25) is 0 Å². The molecule has 32 heavy (non-hydrogen) atoms. The lowest BCUT2D eigenvalue weighted by Crippen LogP contribution is -2.07. The lowest BCUT2D eigenvalue weighted by molar-refractivity contribution is 0.0519. The van der Waals surface area contributed by atoms with Crippen molar-refractivity contribution in [1.29, 1.82) is 0 Å². The molecule has 0 fully saturated rings. The van der Waals surface area contributed by atoms with Crippen molar-refractivity contribution in [1.82, 2.24) is 19.9 Å². The predicted molar refractivity (Wildman–Crippen MR) is 116 cm³/mol. The normalized spacial score (nSPS) is 11.5. The Labute approximate surface area is 188 Å². The van der Waals surface area contributed by atoms with Crippen molar-refractivity contribution in [2.24, 2.45) is 0 Å². The standard InChI is InChI=1S/C21H17ClN4O5S/c1-3-30-21(27)16-12-18(26(24-16)17-10-5-4-9-15(17)22)19-23-20(31-25-19)13-7-6-8-14(11-13)32(2,28)29/h4-12H,3H2,1-2H3. The molecule has 0 unspecified atom stereocenters. The summed E-state index contributed by atoms with van der Waals surface area (Å²) in [5.74, 6) is -0.369. The van der Waals surface area contributed by atoms with Crippen LogP contribution in [0.5, 0.6) is 0 Å². The van der Waals surface area contributed by atoms with Gasteiger partial charge in [-0.2, -0.15) is 10.1 Å². The molecule has 11 heteroatoms. The van der Waals surface area contributed by atoms with Gasteiger partial charge in [-0.25, -0.2) is 17.9 Å². The van der Waals surface area contributed by atoms with Gasteiger partial charge in [0.05, 0.1) is 22.2 Å². The zero-order valence-electron chi connectivity index (χ0n) is 17.0. The van der Waals surface area contributed by atoms with Crippen LogP contribution < -0.4 is 0 Å².